The Balaban J connectivity index is 1.91. The lowest BCUT2D eigenvalue weighted by molar-refractivity contribution is -0.157. The molecule has 0 aliphatic carbocycles. The molecule has 1 aromatic rings. The van der Waals surface area contributed by atoms with E-state index < -0.39 is 11.5 Å². The number of halogens is 1. The number of carbonyl (C=O) groups excluding carboxylic acids is 1. The van der Waals surface area contributed by atoms with E-state index in [9.17, 15) is 14.3 Å². The van der Waals surface area contributed by atoms with Crippen molar-refractivity contribution in [2.24, 2.45) is 5.16 Å². The summed E-state index contributed by atoms with van der Waals surface area (Å²) in [6.07, 6.45) is 2.40. The van der Waals surface area contributed by atoms with Crippen LogP contribution in [0.5, 0.6) is 0 Å². The summed E-state index contributed by atoms with van der Waals surface area (Å²) in [7, 11) is 1.52. The first kappa shape index (κ1) is 13.1. The molecular formula is C15H14FN3O3. The minimum atomic E-state index is -1.46. The number of hydrogen-bond acceptors (Lipinski definition) is 5. The van der Waals surface area contributed by atoms with Crippen LogP contribution in [0.1, 0.15) is 18.4 Å². The summed E-state index contributed by atoms with van der Waals surface area (Å²) in [4.78, 5) is 21.3. The third-order valence-corrected chi connectivity index (χ3v) is 4.45. The molecule has 6 nitrogen and oxygen atoms in total. The van der Waals surface area contributed by atoms with E-state index in [0.29, 0.717) is 29.9 Å². The van der Waals surface area contributed by atoms with Gasteiger partial charge in [-0.1, -0.05) is 17.3 Å². The van der Waals surface area contributed by atoms with E-state index in [1.807, 2.05) is 0 Å². The molecule has 1 unspecified atom stereocenters. The summed E-state index contributed by atoms with van der Waals surface area (Å²) >= 11 is 0. The number of piperidine rings is 1. The van der Waals surface area contributed by atoms with Crippen LogP contribution in [0.15, 0.2) is 35.2 Å². The molecule has 1 aromatic carbocycles. The molecule has 0 bridgehead atoms. The summed E-state index contributed by atoms with van der Waals surface area (Å²) < 4.78 is 14.2. The summed E-state index contributed by atoms with van der Waals surface area (Å²) in [6, 6.07) is 4.54. The van der Waals surface area contributed by atoms with Gasteiger partial charge in [-0.05, 0) is 18.9 Å². The Bertz CT molecular complexity index is 746. The van der Waals surface area contributed by atoms with E-state index in [2.05, 4.69) is 5.16 Å². The maximum Gasteiger partial charge on any atom is 0.318 e. The zero-order valence-electron chi connectivity index (χ0n) is 11.9. The molecule has 1 amide bonds. The second-order valence-corrected chi connectivity index (χ2v) is 5.56. The van der Waals surface area contributed by atoms with Gasteiger partial charge in [0.15, 0.2) is 5.84 Å². The van der Waals surface area contributed by atoms with Crippen LogP contribution in [0.2, 0.25) is 0 Å². The fourth-order valence-corrected chi connectivity index (χ4v) is 3.44. The van der Waals surface area contributed by atoms with Crippen LogP contribution in [0, 0.1) is 5.82 Å². The van der Waals surface area contributed by atoms with Crippen molar-refractivity contribution >= 4 is 17.4 Å². The first-order valence-corrected chi connectivity index (χ1v) is 7.06. The molecule has 1 spiro atoms. The molecule has 1 fully saturated rings. The number of carbonyl (C=O) groups is 1. The van der Waals surface area contributed by atoms with E-state index in [-0.39, 0.29) is 11.6 Å². The molecule has 1 N–H and O–H groups in total. The highest BCUT2D eigenvalue weighted by Crippen LogP contribution is 2.49. The van der Waals surface area contributed by atoms with E-state index in [4.69, 9.17) is 4.84 Å². The van der Waals surface area contributed by atoms with Crippen LogP contribution >= 0.6 is 0 Å². The average molecular weight is 303 g/mol. The number of hydrogen-bond donors (Lipinski definition) is 1. The van der Waals surface area contributed by atoms with Crippen molar-refractivity contribution in [3.05, 3.63) is 41.4 Å². The van der Waals surface area contributed by atoms with Crippen LogP contribution in [0.3, 0.4) is 0 Å². The number of anilines is 1. The third-order valence-electron chi connectivity index (χ3n) is 4.45. The van der Waals surface area contributed by atoms with Crippen molar-refractivity contribution < 1.29 is 19.1 Å². The molecule has 1 saturated heterocycles. The highest BCUT2D eigenvalue weighted by molar-refractivity contribution is 6.11. The van der Waals surface area contributed by atoms with Gasteiger partial charge in [-0.15, -0.1) is 0 Å². The van der Waals surface area contributed by atoms with Gasteiger partial charge >= 0.3 is 5.72 Å². The lowest BCUT2D eigenvalue weighted by Crippen LogP contribution is -2.54. The molecular weight excluding hydrogens is 289 g/mol. The molecule has 0 aromatic heterocycles. The molecule has 0 radical (unpaired) electrons. The van der Waals surface area contributed by atoms with Gasteiger partial charge in [0, 0.05) is 19.2 Å². The van der Waals surface area contributed by atoms with E-state index in [1.54, 1.807) is 17.0 Å². The van der Waals surface area contributed by atoms with Gasteiger partial charge in [-0.3, -0.25) is 4.79 Å². The van der Waals surface area contributed by atoms with Gasteiger partial charge in [-0.2, -0.15) is 0 Å². The number of amidine groups is 1. The molecule has 4 rings (SSSR count). The highest BCUT2D eigenvalue weighted by atomic mass is 19.1. The van der Waals surface area contributed by atoms with Gasteiger partial charge in [0.25, 0.3) is 5.91 Å². The quantitative estimate of drug-likeness (QED) is 0.743. The first-order chi connectivity index (χ1) is 10.6. The van der Waals surface area contributed by atoms with Crippen molar-refractivity contribution in [2.45, 2.75) is 18.6 Å². The number of aliphatic hydroxyl groups is 1. The normalized spacial score (nSPS) is 28.0. The topological polar surface area (TPSA) is 65.4 Å². The van der Waals surface area contributed by atoms with Gasteiger partial charge < -0.3 is 19.7 Å². The van der Waals surface area contributed by atoms with Gasteiger partial charge in [-0.25, -0.2) is 4.39 Å². The molecule has 0 saturated carbocycles. The van der Waals surface area contributed by atoms with E-state index in [1.165, 1.54) is 18.0 Å². The molecule has 3 heterocycles. The van der Waals surface area contributed by atoms with Gasteiger partial charge in [0.1, 0.15) is 5.82 Å². The van der Waals surface area contributed by atoms with Crippen molar-refractivity contribution in [1.82, 2.24) is 4.90 Å². The Morgan fingerprint density at radius 2 is 2.32 bits per heavy atom. The predicted octanol–water partition coefficient (Wildman–Crippen LogP) is 1.84. The van der Waals surface area contributed by atoms with E-state index >= 15 is 0 Å². The molecule has 1 atom stereocenters. The number of amides is 1. The maximum atomic E-state index is 14.2. The van der Waals surface area contributed by atoms with Crippen LogP contribution in [0.25, 0.3) is 0 Å². The van der Waals surface area contributed by atoms with Crippen molar-refractivity contribution in [2.75, 3.05) is 18.5 Å². The number of aliphatic hydroxyl groups excluding tert-OH is 1. The van der Waals surface area contributed by atoms with Crippen LogP contribution in [-0.2, 0) is 15.4 Å². The standard InChI is InChI=1S/C15H14FN3O3/c1-18-12-10(5-2-6-11(12)16)15(14(18)21)19-7-3-4-9(8-20)13(19)17-22-15/h2,5-6,8,20H,3-4,7H2,1H3/b9-8+. The Hall–Kier alpha value is -2.57. The molecule has 22 heavy (non-hydrogen) atoms. The maximum absolute atomic E-state index is 14.2. The minimum absolute atomic E-state index is 0.212. The van der Waals surface area contributed by atoms with Crippen molar-refractivity contribution in [3.8, 4) is 0 Å². The average Bonchev–Trinajstić information content (AvgIpc) is 3.02. The number of nitrogens with zero attached hydrogens (tertiary/aromatic N) is 3. The van der Waals surface area contributed by atoms with Crippen LogP contribution in [-0.4, -0.2) is 35.3 Å². The molecule has 3 aliphatic rings. The summed E-state index contributed by atoms with van der Waals surface area (Å²) in [5.74, 6) is -0.421. The second kappa shape index (κ2) is 4.22. The highest BCUT2D eigenvalue weighted by Gasteiger charge is 2.62. The Morgan fingerprint density at radius 3 is 3.09 bits per heavy atom. The molecule has 114 valence electrons. The number of oxime groups is 1. The SMILES string of the molecule is CN1C(=O)C2(ON=C3/C(=C/O)CCCN32)c2cccc(F)c21. The minimum Gasteiger partial charge on any atom is -0.515 e. The third kappa shape index (κ3) is 1.33. The molecule has 7 heteroatoms. The Kier molecular flexibility index (Phi) is 2.52. The van der Waals surface area contributed by atoms with Crippen LogP contribution in [0.4, 0.5) is 10.1 Å². The summed E-state index contributed by atoms with van der Waals surface area (Å²) in [5.41, 5.74) is -0.193. The number of rotatable bonds is 0. The fraction of sp³-hybridized carbons (Fsp3) is 0.333. The summed E-state index contributed by atoms with van der Waals surface area (Å²) in [5, 5.41) is 13.3. The van der Waals surface area contributed by atoms with Crippen molar-refractivity contribution in [3.63, 3.8) is 0 Å². The Morgan fingerprint density at radius 1 is 1.50 bits per heavy atom. The number of likely N-dealkylation sites (N-methyl/N-ethyl adjacent to an activating group) is 1. The number of para-hydroxylation sites is 1. The lowest BCUT2D eigenvalue weighted by Gasteiger charge is -2.35. The smallest absolute Gasteiger partial charge is 0.318 e. The number of benzene rings is 1. The molecule has 3 aliphatic heterocycles. The van der Waals surface area contributed by atoms with Gasteiger partial charge in [0.2, 0.25) is 0 Å². The zero-order valence-corrected chi connectivity index (χ0v) is 11.9. The summed E-state index contributed by atoms with van der Waals surface area (Å²) in [6.45, 7) is 0.547. The lowest BCUT2D eigenvalue weighted by atomic mass is 9.97. The van der Waals surface area contributed by atoms with Crippen LogP contribution < -0.4 is 4.90 Å². The first-order valence-electron chi connectivity index (χ1n) is 7.06. The largest absolute Gasteiger partial charge is 0.515 e. The van der Waals surface area contributed by atoms with E-state index in [0.717, 1.165) is 12.7 Å². The zero-order chi connectivity index (χ0) is 15.5. The number of fused-ring (bicyclic) bond motifs is 4. The van der Waals surface area contributed by atoms with Gasteiger partial charge in [0.05, 0.1) is 17.5 Å². The Labute approximate surface area is 126 Å². The van der Waals surface area contributed by atoms with Crippen molar-refractivity contribution in [1.29, 1.82) is 0 Å². The second-order valence-electron chi connectivity index (χ2n) is 5.56. The predicted molar refractivity (Wildman–Crippen MR) is 76.7 cm³/mol. The fourth-order valence-electron chi connectivity index (χ4n) is 3.44. The monoisotopic (exact) mass is 303 g/mol.